The third-order valence-corrected chi connectivity index (χ3v) is 5.75. The van der Waals surface area contributed by atoms with Crippen LogP contribution in [0.4, 0.5) is 13.2 Å². The number of nitrogens with one attached hydrogen (secondary N) is 2. The summed E-state index contributed by atoms with van der Waals surface area (Å²) in [6.45, 7) is 0.175. The van der Waals surface area contributed by atoms with Crippen LogP contribution in [0.2, 0.25) is 5.02 Å². The van der Waals surface area contributed by atoms with Crippen LogP contribution in [0, 0.1) is 0 Å². The monoisotopic (exact) mass is 476 g/mol. The lowest BCUT2D eigenvalue weighted by Crippen LogP contribution is -2.25. The van der Waals surface area contributed by atoms with Gasteiger partial charge in [0.15, 0.2) is 0 Å². The largest absolute Gasteiger partial charge is 0.497 e. The number of furan rings is 1. The fourth-order valence-electron chi connectivity index (χ4n) is 3.78. The molecule has 33 heavy (non-hydrogen) atoms. The lowest BCUT2D eigenvalue weighted by Gasteiger charge is -2.19. The summed E-state index contributed by atoms with van der Waals surface area (Å²) in [5, 5.41) is 3.11. The molecule has 2 heterocycles. The van der Waals surface area contributed by atoms with Gasteiger partial charge in [-0.2, -0.15) is 13.2 Å². The Balaban J connectivity index is 1.74. The first-order valence-electron chi connectivity index (χ1n) is 10.1. The molecule has 1 amide bonds. The van der Waals surface area contributed by atoms with Gasteiger partial charge < -0.3 is 19.5 Å². The number of amides is 1. The van der Waals surface area contributed by atoms with Crippen LogP contribution in [0.25, 0.3) is 10.9 Å². The van der Waals surface area contributed by atoms with Crippen molar-refractivity contribution in [3.05, 3.63) is 88.5 Å². The number of carbonyl (C=O) groups excluding carboxylic acids is 1. The van der Waals surface area contributed by atoms with Gasteiger partial charge in [0.1, 0.15) is 11.5 Å². The minimum atomic E-state index is -4.62. The van der Waals surface area contributed by atoms with Crippen molar-refractivity contribution >= 4 is 28.4 Å². The zero-order valence-corrected chi connectivity index (χ0v) is 18.3. The van der Waals surface area contributed by atoms with Crippen LogP contribution in [-0.4, -0.2) is 18.0 Å². The van der Waals surface area contributed by atoms with Crippen molar-refractivity contribution < 1.29 is 27.1 Å². The SMILES string of the molecule is COc1ccc2[nH]cc([C@H](CC(=O)NCc3ccco3)c3ccc(Cl)c(C(F)(F)F)c3)c2c1. The van der Waals surface area contributed by atoms with Gasteiger partial charge in [-0.05, 0) is 53.6 Å². The van der Waals surface area contributed by atoms with E-state index in [-0.39, 0.29) is 18.9 Å². The second-order valence-electron chi connectivity index (χ2n) is 7.51. The second-order valence-corrected chi connectivity index (χ2v) is 7.91. The average molecular weight is 477 g/mol. The fraction of sp³-hybridized carbons (Fsp3) is 0.208. The highest BCUT2D eigenvalue weighted by molar-refractivity contribution is 6.31. The third-order valence-electron chi connectivity index (χ3n) is 5.42. The number of methoxy groups -OCH3 is 1. The zero-order chi connectivity index (χ0) is 23.6. The second kappa shape index (κ2) is 9.23. The van der Waals surface area contributed by atoms with Crippen molar-refractivity contribution in [2.75, 3.05) is 7.11 Å². The maximum Gasteiger partial charge on any atom is 0.417 e. The lowest BCUT2D eigenvalue weighted by atomic mass is 9.87. The Labute approximate surface area is 192 Å². The van der Waals surface area contributed by atoms with Gasteiger partial charge in [0, 0.05) is 29.4 Å². The first-order chi connectivity index (χ1) is 15.8. The standard InChI is InChI=1S/C24H20ClF3N2O3/c1-32-15-5-7-22-18(10-15)19(13-29-22)17(11-23(31)30-12-16-3-2-8-33-16)14-4-6-21(25)20(9-14)24(26,27)28/h2-10,13,17,29H,11-12H2,1H3,(H,30,31)/t17-/m1/s1. The van der Waals surface area contributed by atoms with Crippen LogP contribution >= 0.6 is 11.6 Å². The number of aromatic nitrogens is 1. The van der Waals surface area contributed by atoms with Gasteiger partial charge in [-0.3, -0.25) is 4.79 Å². The summed E-state index contributed by atoms with van der Waals surface area (Å²) in [5.41, 5.74) is 0.827. The van der Waals surface area contributed by atoms with Gasteiger partial charge in [-0.1, -0.05) is 17.7 Å². The van der Waals surface area contributed by atoms with E-state index >= 15 is 0 Å². The minimum Gasteiger partial charge on any atom is -0.497 e. The molecule has 172 valence electrons. The molecule has 9 heteroatoms. The number of carbonyl (C=O) groups is 1. The molecule has 0 aliphatic heterocycles. The number of benzene rings is 2. The summed E-state index contributed by atoms with van der Waals surface area (Å²) in [4.78, 5) is 15.9. The molecule has 2 aromatic carbocycles. The molecule has 2 aromatic heterocycles. The highest BCUT2D eigenvalue weighted by Crippen LogP contribution is 2.40. The molecule has 4 aromatic rings. The molecule has 0 aliphatic carbocycles. The van der Waals surface area contributed by atoms with Gasteiger partial charge in [-0.15, -0.1) is 0 Å². The summed E-state index contributed by atoms with van der Waals surface area (Å²) in [6, 6.07) is 12.5. The highest BCUT2D eigenvalue weighted by atomic mass is 35.5. The molecule has 0 spiro atoms. The molecule has 0 bridgehead atoms. The van der Waals surface area contributed by atoms with Gasteiger partial charge in [0.05, 0.1) is 30.5 Å². The Morgan fingerprint density at radius 3 is 2.73 bits per heavy atom. The van der Waals surface area contributed by atoms with Crippen molar-refractivity contribution in [3.63, 3.8) is 0 Å². The van der Waals surface area contributed by atoms with Gasteiger partial charge in [-0.25, -0.2) is 0 Å². The van der Waals surface area contributed by atoms with Crippen LogP contribution in [0.5, 0.6) is 5.75 Å². The zero-order valence-electron chi connectivity index (χ0n) is 17.5. The van der Waals surface area contributed by atoms with Gasteiger partial charge >= 0.3 is 6.18 Å². The van der Waals surface area contributed by atoms with Gasteiger partial charge in [0.25, 0.3) is 0 Å². The van der Waals surface area contributed by atoms with Crippen LogP contribution in [0.15, 0.2) is 65.4 Å². The Hall–Kier alpha value is -3.39. The normalized spacial score (nSPS) is 12.6. The highest BCUT2D eigenvalue weighted by Gasteiger charge is 2.34. The van der Waals surface area contributed by atoms with Crippen LogP contribution in [0.1, 0.15) is 34.8 Å². The molecule has 0 saturated carbocycles. The minimum absolute atomic E-state index is 0.0796. The first kappa shape index (κ1) is 22.8. The first-order valence-corrected chi connectivity index (χ1v) is 10.4. The van der Waals surface area contributed by atoms with E-state index in [1.54, 1.807) is 30.5 Å². The van der Waals surface area contributed by atoms with Crippen LogP contribution in [-0.2, 0) is 17.5 Å². The predicted octanol–water partition coefficient (Wildman–Crippen LogP) is 6.28. The topological polar surface area (TPSA) is 67.3 Å². The molecule has 0 saturated heterocycles. The predicted molar refractivity (Wildman–Crippen MR) is 118 cm³/mol. The summed E-state index contributed by atoms with van der Waals surface area (Å²) < 4.78 is 51.1. The Morgan fingerprint density at radius 1 is 1.21 bits per heavy atom. The maximum atomic E-state index is 13.5. The molecule has 0 aliphatic rings. The number of ether oxygens (including phenoxy) is 1. The number of hydrogen-bond donors (Lipinski definition) is 2. The lowest BCUT2D eigenvalue weighted by molar-refractivity contribution is -0.137. The van der Waals surface area contributed by atoms with E-state index in [1.165, 1.54) is 25.5 Å². The Bertz CT molecular complexity index is 1270. The molecular formula is C24H20ClF3N2O3. The number of aromatic amines is 1. The average Bonchev–Trinajstić information content (AvgIpc) is 3.45. The summed E-state index contributed by atoms with van der Waals surface area (Å²) in [5.74, 6) is 0.164. The van der Waals surface area contributed by atoms with Crippen molar-refractivity contribution in [1.29, 1.82) is 0 Å². The number of alkyl halides is 3. The number of H-pyrrole nitrogens is 1. The van der Waals surface area contributed by atoms with E-state index in [0.717, 1.165) is 17.0 Å². The number of hydrogen-bond acceptors (Lipinski definition) is 3. The number of fused-ring (bicyclic) bond motifs is 1. The molecule has 5 nitrogen and oxygen atoms in total. The fourth-order valence-corrected chi connectivity index (χ4v) is 4.00. The molecule has 4 rings (SSSR count). The Morgan fingerprint density at radius 2 is 2.03 bits per heavy atom. The molecule has 2 N–H and O–H groups in total. The van der Waals surface area contributed by atoms with E-state index in [0.29, 0.717) is 22.6 Å². The third kappa shape index (κ3) is 5.01. The smallest absolute Gasteiger partial charge is 0.417 e. The van der Waals surface area contributed by atoms with Gasteiger partial charge in [0.2, 0.25) is 5.91 Å². The van der Waals surface area contributed by atoms with Crippen molar-refractivity contribution in [1.82, 2.24) is 10.3 Å². The van der Waals surface area contributed by atoms with E-state index in [9.17, 15) is 18.0 Å². The van der Waals surface area contributed by atoms with Crippen LogP contribution < -0.4 is 10.1 Å². The number of rotatable bonds is 7. The molecule has 0 unspecified atom stereocenters. The van der Waals surface area contributed by atoms with E-state index in [2.05, 4.69) is 10.3 Å². The van der Waals surface area contributed by atoms with E-state index in [1.807, 2.05) is 6.07 Å². The Kier molecular flexibility index (Phi) is 6.37. The summed E-state index contributed by atoms with van der Waals surface area (Å²) in [7, 11) is 1.53. The summed E-state index contributed by atoms with van der Waals surface area (Å²) in [6.07, 6.45) is -1.50. The quantitative estimate of drug-likeness (QED) is 0.330. The van der Waals surface area contributed by atoms with E-state index < -0.39 is 22.7 Å². The van der Waals surface area contributed by atoms with Crippen molar-refractivity contribution in [3.8, 4) is 5.75 Å². The maximum absolute atomic E-state index is 13.5. The molecule has 0 radical (unpaired) electrons. The molecular weight excluding hydrogens is 457 g/mol. The van der Waals surface area contributed by atoms with Crippen LogP contribution in [0.3, 0.4) is 0 Å². The van der Waals surface area contributed by atoms with Crippen molar-refractivity contribution in [2.24, 2.45) is 0 Å². The summed E-state index contributed by atoms with van der Waals surface area (Å²) >= 11 is 5.83. The molecule has 0 fully saturated rings. The molecule has 1 atom stereocenters. The van der Waals surface area contributed by atoms with E-state index in [4.69, 9.17) is 20.8 Å². The van der Waals surface area contributed by atoms with Crippen molar-refractivity contribution in [2.45, 2.75) is 25.1 Å². The number of halogens is 4.